The minimum absolute atomic E-state index is 0.0970. The Bertz CT molecular complexity index is 713. The van der Waals surface area contributed by atoms with E-state index in [-0.39, 0.29) is 11.4 Å². The molecule has 0 amide bonds. The third-order valence-electron chi connectivity index (χ3n) is 2.59. The van der Waals surface area contributed by atoms with Gasteiger partial charge in [0.25, 0.3) is 0 Å². The summed E-state index contributed by atoms with van der Waals surface area (Å²) >= 11 is 0. The van der Waals surface area contributed by atoms with E-state index in [9.17, 15) is 21.6 Å². The van der Waals surface area contributed by atoms with E-state index in [1.807, 2.05) is 0 Å². The van der Waals surface area contributed by atoms with E-state index in [0.29, 0.717) is 0 Å². The quantitative estimate of drug-likeness (QED) is 0.893. The molecule has 0 radical (unpaired) electrons. The van der Waals surface area contributed by atoms with Gasteiger partial charge in [-0.25, -0.2) is 18.1 Å². The highest BCUT2D eigenvalue weighted by Gasteiger charge is 2.31. The lowest BCUT2D eigenvalue weighted by atomic mass is 10.0. The molecule has 0 bridgehead atoms. The fourth-order valence-electron chi connectivity index (χ4n) is 1.74. The second-order valence-electron chi connectivity index (χ2n) is 4.32. The van der Waals surface area contributed by atoms with Crippen LogP contribution in [0.4, 0.5) is 13.2 Å². The number of aromatic amines is 1. The van der Waals surface area contributed by atoms with Crippen molar-refractivity contribution in [3.05, 3.63) is 47.5 Å². The summed E-state index contributed by atoms with van der Waals surface area (Å²) in [6, 6.07) is 3.27. The summed E-state index contributed by atoms with van der Waals surface area (Å²) in [5, 5.41) is 6.02. The predicted molar refractivity (Wildman–Crippen MR) is 67.6 cm³/mol. The molecule has 1 atom stereocenters. The van der Waals surface area contributed by atoms with Gasteiger partial charge < -0.3 is 0 Å². The lowest BCUT2D eigenvalue weighted by molar-refractivity contribution is -0.137. The Hall–Kier alpha value is -1.94. The topological polar surface area (TPSA) is 87.7 Å². The van der Waals surface area contributed by atoms with Crippen molar-refractivity contribution in [2.45, 2.75) is 12.2 Å². The molecule has 0 aliphatic heterocycles. The molecule has 2 N–H and O–H groups in total. The molecule has 0 spiro atoms. The van der Waals surface area contributed by atoms with Crippen LogP contribution in [0.1, 0.15) is 23.0 Å². The number of aromatic nitrogens is 3. The normalized spacial score (nSPS) is 14.1. The van der Waals surface area contributed by atoms with E-state index in [4.69, 9.17) is 0 Å². The molecule has 2 rings (SSSR count). The standard InChI is InChI=1S/C11H11F3N4O2S/c1-21(19,20)18-9(10-15-6-16-17-10)7-3-2-4-8(5-7)11(12,13)14/h2-6,9,18H,1H3,(H,15,16,17)/t9-/m0/s1. The summed E-state index contributed by atoms with van der Waals surface area (Å²) in [6.07, 6.45) is -2.48. The van der Waals surface area contributed by atoms with E-state index in [0.717, 1.165) is 24.7 Å². The van der Waals surface area contributed by atoms with Gasteiger partial charge in [-0.15, -0.1) is 0 Å². The molecule has 1 aromatic heterocycles. The van der Waals surface area contributed by atoms with Crippen molar-refractivity contribution in [2.75, 3.05) is 6.26 Å². The smallest absolute Gasteiger partial charge is 0.262 e. The molecule has 0 fully saturated rings. The highest BCUT2D eigenvalue weighted by molar-refractivity contribution is 7.88. The SMILES string of the molecule is CS(=O)(=O)N[C@@H](c1cccc(C(F)(F)F)c1)c1ncn[nH]1. The summed E-state index contributed by atoms with van der Waals surface area (Å²) in [5.41, 5.74) is -0.771. The number of sulfonamides is 1. The fourth-order valence-corrected chi connectivity index (χ4v) is 2.42. The maximum atomic E-state index is 12.7. The lowest BCUT2D eigenvalue weighted by Crippen LogP contribution is -2.29. The molecular formula is C11H11F3N4O2S. The zero-order valence-electron chi connectivity index (χ0n) is 10.7. The predicted octanol–water partition coefficient (Wildman–Crippen LogP) is 1.46. The van der Waals surface area contributed by atoms with Crippen molar-refractivity contribution >= 4 is 10.0 Å². The van der Waals surface area contributed by atoms with Gasteiger partial charge in [0.05, 0.1) is 11.8 Å². The summed E-state index contributed by atoms with van der Waals surface area (Å²) in [7, 11) is -3.66. The van der Waals surface area contributed by atoms with Crippen LogP contribution < -0.4 is 4.72 Å². The van der Waals surface area contributed by atoms with E-state index in [2.05, 4.69) is 19.9 Å². The zero-order chi connectivity index (χ0) is 15.7. The first-order chi connectivity index (χ1) is 9.67. The molecule has 0 aliphatic carbocycles. The Labute approximate surface area is 118 Å². The summed E-state index contributed by atoms with van der Waals surface area (Å²) in [5.74, 6) is 0.0970. The highest BCUT2D eigenvalue weighted by Crippen LogP contribution is 2.31. The summed E-state index contributed by atoms with van der Waals surface area (Å²) in [6.45, 7) is 0. The molecule has 2 aromatic rings. The van der Waals surface area contributed by atoms with Gasteiger partial charge in [-0.2, -0.15) is 18.3 Å². The number of alkyl halides is 3. The Morgan fingerprint density at radius 2 is 2.05 bits per heavy atom. The van der Waals surface area contributed by atoms with Crippen LogP contribution in [0.25, 0.3) is 0 Å². The molecule has 10 heteroatoms. The Kier molecular flexibility index (Phi) is 4.01. The highest BCUT2D eigenvalue weighted by atomic mass is 32.2. The lowest BCUT2D eigenvalue weighted by Gasteiger charge is -2.17. The molecule has 114 valence electrons. The first-order valence-electron chi connectivity index (χ1n) is 5.66. The van der Waals surface area contributed by atoms with Crippen molar-refractivity contribution in [1.82, 2.24) is 19.9 Å². The number of nitrogens with zero attached hydrogens (tertiary/aromatic N) is 2. The molecular weight excluding hydrogens is 309 g/mol. The minimum atomic E-state index is -4.52. The van der Waals surface area contributed by atoms with Crippen LogP contribution >= 0.6 is 0 Å². The average molecular weight is 320 g/mol. The summed E-state index contributed by atoms with van der Waals surface area (Å²) < 4.78 is 63.2. The van der Waals surface area contributed by atoms with Gasteiger partial charge in [0.1, 0.15) is 18.2 Å². The number of nitrogens with one attached hydrogen (secondary N) is 2. The molecule has 0 aliphatic rings. The van der Waals surface area contributed by atoms with Crippen LogP contribution in [0.3, 0.4) is 0 Å². The van der Waals surface area contributed by atoms with Crippen LogP contribution in [0.2, 0.25) is 0 Å². The van der Waals surface area contributed by atoms with E-state index < -0.39 is 27.8 Å². The third kappa shape index (κ3) is 4.02. The maximum Gasteiger partial charge on any atom is 0.416 e. The number of benzene rings is 1. The van der Waals surface area contributed by atoms with Crippen LogP contribution in [-0.4, -0.2) is 29.9 Å². The molecule has 1 aromatic carbocycles. The van der Waals surface area contributed by atoms with E-state index in [1.54, 1.807) is 0 Å². The molecule has 0 saturated carbocycles. The van der Waals surface area contributed by atoms with Crippen LogP contribution in [0, 0.1) is 0 Å². The maximum absolute atomic E-state index is 12.7. The van der Waals surface area contributed by atoms with E-state index in [1.165, 1.54) is 12.1 Å². The van der Waals surface area contributed by atoms with Gasteiger partial charge in [0, 0.05) is 0 Å². The largest absolute Gasteiger partial charge is 0.416 e. The molecule has 1 heterocycles. The number of rotatable bonds is 4. The van der Waals surface area contributed by atoms with Crippen molar-refractivity contribution < 1.29 is 21.6 Å². The second kappa shape index (κ2) is 5.45. The van der Waals surface area contributed by atoms with Gasteiger partial charge in [0.2, 0.25) is 10.0 Å². The van der Waals surface area contributed by atoms with Gasteiger partial charge in [-0.3, -0.25) is 5.10 Å². The Balaban J connectivity index is 2.47. The van der Waals surface area contributed by atoms with Crippen molar-refractivity contribution in [2.24, 2.45) is 0 Å². The molecule has 0 unspecified atom stereocenters. The molecule has 6 nitrogen and oxygen atoms in total. The van der Waals surface area contributed by atoms with Crippen molar-refractivity contribution in [3.63, 3.8) is 0 Å². The average Bonchev–Trinajstić information content (AvgIpc) is 2.87. The second-order valence-corrected chi connectivity index (χ2v) is 6.10. The molecule has 21 heavy (non-hydrogen) atoms. The molecule has 0 saturated heterocycles. The van der Waals surface area contributed by atoms with Crippen LogP contribution in [0.15, 0.2) is 30.6 Å². The first kappa shape index (κ1) is 15.4. The van der Waals surface area contributed by atoms with Crippen LogP contribution in [0.5, 0.6) is 0 Å². The number of H-pyrrole nitrogens is 1. The Morgan fingerprint density at radius 3 is 2.57 bits per heavy atom. The van der Waals surface area contributed by atoms with Crippen molar-refractivity contribution in [1.29, 1.82) is 0 Å². The van der Waals surface area contributed by atoms with Gasteiger partial charge in [-0.05, 0) is 17.7 Å². The van der Waals surface area contributed by atoms with Crippen LogP contribution in [-0.2, 0) is 16.2 Å². The monoisotopic (exact) mass is 320 g/mol. The zero-order valence-corrected chi connectivity index (χ0v) is 11.5. The third-order valence-corrected chi connectivity index (χ3v) is 3.25. The summed E-state index contributed by atoms with van der Waals surface area (Å²) in [4.78, 5) is 3.79. The minimum Gasteiger partial charge on any atom is -0.262 e. The van der Waals surface area contributed by atoms with Crippen molar-refractivity contribution in [3.8, 4) is 0 Å². The first-order valence-corrected chi connectivity index (χ1v) is 7.56. The fraction of sp³-hybridized carbons (Fsp3) is 0.273. The number of halogens is 3. The van der Waals surface area contributed by atoms with Gasteiger partial charge in [-0.1, -0.05) is 12.1 Å². The Morgan fingerprint density at radius 1 is 1.33 bits per heavy atom. The van der Waals surface area contributed by atoms with E-state index >= 15 is 0 Å². The number of hydrogen-bond donors (Lipinski definition) is 2. The number of hydrogen-bond acceptors (Lipinski definition) is 4. The van der Waals surface area contributed by atoms with Gasteiger partial charge in [0.15, 0.2) is 0 Å². The van der Waals surface area contributed by atoms with Gasteiger partial charge >= 0.3 is 6.18 Å².